The van der Waals surface area contributed by atoms with Gasteiger partial charge in [-0.2, -0.15) is 0 Å². The van der Waals surface area contributed by atoms with E-state index in [4.69, 9.17) is 5.84 Å². The van der Waals surface area contributed by atoms with E-state index in [2.05, 4.69) is 5.43 Å². The molecular formula is C8H13N3O2. The number of nitrogens with one attached hydrogen (secondary N) is 1. The molecule has 0 bridgehead atoms. The zero-order valence-electron chi connectivity index (χ0n) is 7.32. The highest BCUT2D eigenvalue weighted by atomic mass is 16.2. The Morgan fingerprint density at radius 3 is 2.77 bits per heavy atom. The van der Waals surface area contributed by atoms with Crippen LogP contribution in [-0.4, -0.2) is 29.3 Å². The minimum Gasteiger partial charge on any atom is -0.339 e. The van der Waals surface area contributed by atoms with E-state index in [1.807, 2.05) is 0 Å². The first-order valence-corrected chi connectivity index (χ1v) is 4.52. The van der Waals surface area contributed by atoms with E-state index in [1.165, 1.54) is 0 Å². The lowest BCUT2D eigenvalue weighted by atomic mass is 10.1. The summed E-state index contributed by atoms with van der Waals surface area (Å²) >= 11 is 0. The molecule has 2 aliphatic rings. The molecule has 1 saturated heterocycles. The quantitative estimate of drug-likeness (QED) is 0.327. The Hall–Kier alpha value is -1.10. The van der Waals surface area contributed by atoms with Gasteiger partial charge in [-0.3, -0.25) is 15.0 Å². The molecule has 2 amide bonds. The lowest BCUT2D eigenvalue weighted by molar-refractivity contribution is -0.129. The highest BCUT2D eigenvalue weighted by Gasteiger charge is 2.41. The second-order valence-corrected chi connectivity index (χ2v) is 3.69. The van der Waals surface area contributed by atoms with Gasteiger partial charge in [-0.25, -0.2) is 5.84 Å². The van der Waals surface area contributed by atoms with Crippen LogP contribution in [0.15, 0.2) is 0 Å². The highest BCUT2D eigenvalue weighted by molar-refractivity contribution is 5.89. The zero-order chi connectivity index (χ0) is 9.42. The smallest absolute Gasteiger partial charge is 0.239 e. The van der Waals surface area contributed by atoms with Crippen LogP contribution in [-0.2, 0) is 9.59 Å². The van der Waals surface area contributed by atoms with Gasteiger partial charge in [0.2, 0.25) is 11.8 Å². The lowest BCUT2D eigenvalue weighted by Gasteiger charge is -2.14. The maximum Gasteiger partial charge on any atom is 0.239 e. The fourth-order valence-corrected chi connectivity index (χ4v) is 1.76. The summed E-state index contributed by atoms with van der Waals surface area (Å²) < 4.78 is 0. The summed E-state index contributed by atoms with van der Waals surface area (Å²) in [7, 11) is 0. The predicted molar refractivity (Wildman–Crippen MR) is 45.2 cm³/mol. The zero-order valence-corrected chi connectivity index (χ0v) is 7.32. The molecule has 0 spiro atoms. The molecule has 1 aliphatic heterocycles. The molecule has 2 rings (SSSR count). The molecule has 13 heavy (non-hydrogen) atoms. The van der Waals surface area contributed by atoms with Gasteiger partial charge in [-0.15, -0.1) is 0 Å². The molecule has 5 heteroatoms. The molecule has 1 aliphatic carbocycles. The van der Waals surface area contributed by atoms with Crippen molar-refractivity contribution in [2.24, 2.45) is 11.8 Å². The molecule has 0 aromatic heterocycles. The number of carbonyl (C=O) groups is 2. The van der Waals surface area contributed by atoms with Crippen molar-refractivity contribution in [2.45, 2.75) is 25.3 Å². The number of nitrogens with two attached hydrogens (primary N) is 1. The first kappa shape index (κ1) is 8.50. The summed E-state index contributed by atoms with van der Waals surface area (Å²) in [6, 6.07) is 0.406. The van der Waals surface area contributed by atoms with Gasteiger partial charge in [0.15, 0.2) is 0 Å². The number of rotatable bonds is 2. The molecule has 72 valence electrons. The Morgan fingerprint density at radius 1 is 1.54 bits per heavy atom. The molecule has 1 saturated carbocycles. The van der Waals surface area contributed by atoms with Gasteiger partial charge < -0.3 is 4.90 Å². The van der Waals surface area contributed by atoms with Gasteiger partial charge >= 0.3 is 0 Å². The molecule has 1 heterocycles. The molecule has 1 atom stereocenters. The van der Waals surface area contributed by atoms with E-state index in [0.717, 1.165) is 12.8 Å². The summed E-state index contributed by atoms with van der Waals surface area (Å²) in [5.41, 5.74) is 2.09. The van der Waals surface area contributed by atoms with E-state index in [-0.39, 0.29) is 17.7 Å². The van der Waals surface area contributed by atoms with Crippen molar-refractivity contribution in [1.82, 2.24) is 10.3 Å². The van der Waals surface area contributed by atoms with Crippen molar-refractivity contribution in [3.63, 3.8) is 0 Å². The average Bonchev–Trinajstić information content (AvgIpc) is 2.89. The van der Waals surface area contributed by atoms with E-state index in [9.17, 15) is 9.59 Å². The number of likely N-dealkylation sites (tertiary alicyclic amines) is 1. The van der Waals surface area contributed by atoms with Crippen LogP contribution in [0.25, 0.3) is 0 Å². The van der Waals surface area contributed by atoms with Crippen molar-refractivity contribution < 1.29 is 9.59 Å². The largest absolute Gasteiger partial charge is 0.339 e. The number of hydrogen-bond acceptors (Lipinski definition) is 3. The number of hydrazine groups is 1. The molecule has 5 nitrogen and oxygen atoms in total. The second-order valence-electron chi connectivity index (χ2n) is 3.69. The van der Waals surface area contributed by atoms with Crippen molar-refractivity contribution in [3.8, 4) is 0 Å². The van der Waals surface area contributed by atoms with Crippen molar-refractivity contribution in [3.05, 3.63) is 0 Å². The molecule has 0 aromatic carbocycles. The van der Waals surface area contributed by atoms with Crippen molar-refractivity contribution in [1.29, 1.82) is 0 Å². The summed E-state index contributed by atoms with van der Waals surface area (Å²) in [6.07, 6.45) is 2.49. The summed E-state index contributed by atoms with van der Waals surface area (Å²) in [4.78, 5) is 24.3. The Bertz CT molecular complexity index is 250. The highest BCUT2D eigenvalue weighted by Crippen LogP contribution is 2.32. The fourth-order valence-electron chi connectivity index (χ4n) is 1.76. The first-order valence-electron chi connectivity index (χ1n) is 4.52. The van der Waals surface area contributed by atoms with Crippen LogP contribution < -0.4 is 11.3 Å². The minimum atomic E-state index is -0.238. The van der Waals surface area contributed by atoms with Gasteiger partial charge in [0, 0.05) is 19.0 Å². The van der Waals surface area contributed by atoms with E-state index >= 15 is 0 Å². The maximum atomic E-state index is 11.4. The van der Waals surface area contributed by atoms with Crippen LogP contribution in [0.3, 0.4) is 0 Å². The second kappa shape index (κ2) is 2.99. The molecule has 3 N–H and O–H groups in total. The lowest BCUT2D eigenvalue weighted by Crippen LogP contribution is -2.37. The first-order chi connectivity index (χ1) is 6.22. The standard InChI is InChI=1S/C8H13N3O2/c9-10-8(13)5-3-7(12)11(4-5)6-1-2-6/h5-6H,1-4,9H2,(H,10,13)/t5-/m0/s1. The Morgan fingerprint density at radius 2 is 2.23 bits per heavy atom. The number of hydrogen-bond donors (Lipinski definition) is 2. The van der Waals surface area contributed by atoms with Crippen LogP contribution in [0.4, 0.5) is 0 Å². The third kappa shape index (κ3) is 1.51. The summed E-state index contributed by atoms with van der Waals surface area (Å²) in [5.74, 6) is 4.64. The monoisotopic (exact) mass is 183 g/mol. The van der Waals surface area contributed by atoms with E-state index < -0.39 is 0 Å². The van der Waals surface area contributed by atoms with Gasteiger partial charge in [0.25, 0.3) is 0 Å². The van der Waals surface area contributed by atoms with Crippen molar-refractivity contribution in [2.75, 3.05) is 6.54 Å². The number of carbonyl (C=O) groups excluding carboxylic acids is 2. The van der Waals surface area contributed by atoms with Crippen LogP contribution in [0.5, 0.6) is 0 Å². The molecular weight excluding hydrogens is 170 g/mol. The Balaban J connectivity index is 1.97. The fraction of sp³-hybridized carbons (Fsp3) is 0.750. The van der Waals surface area contributed by atoms with Gasteiger partial charge in [-0.1, -0.05) is 0 Å². The molecule has 0 radical (unpaired) electrons. The maximum absolute atomic E-state index is 11.4. The predicted octanol–water partition coefficient (Wildman–Crippen LogP) is -1.01. The summed E-state index contributed by atoms with van der Waals surface area (Å²) in [5, 5.41) is 0. The van der Waals surface area contributed by atoms with Crippen LogP contribution >= 0.6 is 0 Å². The third-order valence-corrected chi connectivity index (χ3v) is 2.66. The summed E-state index contributed by atoms with van der Waals surface area (Å²) in [6.45, 7) is 0.548. The normalized spacial score (nSPS) is 27.9. The topological polar surface area (TPSA) is 75.4 Å². The Labute approximate surface area is 76.2 Å². The van der Waals surface area contributed by atoms with Gasteiger partial charge in [0.1, 0.15) is 0 Å². The van der Waals surface area contributed by atoms with Crippen LogP contribution in [0.1, 0.15) is 19.3 Å². The number of amides is 2. The van der Waals surface area contributed by atoms with Crippen LogP contribution in [0.2, 0.25) is 0 Å². The Kier molecular flexibility index (Phi) is 1.95. The molecule has 0 aromatic rings. The van der Waals surface area contributed by atoms with E-state index in [0.29, 0.717) is 19.0 Å². The average molecular weight is 183 g/mol. The number of nitrogens with zero attached hydrogens (tertiary/aromatic N) is 1. The van der Waals surface area contributed by atoms with Gasteiger partial charge in [0.05, 0.1) is 5.92 Å². The molecule has 2 fully saturated rings. The van der Waals surface area contributed by atoms with Crippen LogP contribution in [0, 0.1) is 5.92 Å². The van der Waals surface area contributed by atoms with E-state index in [1.54, 1.807) is 4.90 Å². The molecule has 0 unspecified atom stereocenters. The minimum absolute atomic E-state index is 0.0936. The van der Waals surface area contributed by atoms with Gasteiger partial charge in [-0.05, 0) is 12.8 Å². The van der Waals surface area contributed by atoms with Crippen molar-refractivity contribution >= 4 is 11.8 Å². The SMILES string of the molecule is NNC(=O)[C@H]1CC(=O)N(C2CC2)C1. The third-order valence-electron chi connectivity index (χ3n) is 2.66.